The maximum absolute atomic E-state index is 13.4. The van der Waals surface area contributed by atoms with Crippen LogP contribution in [0.25, 0.3) is 0 Å². The molecule has 0 unspecified atom stereocenters. The zero-order chi connectivity index (χ0) is 10.7. The molecule has 0 atom stereocenters. The zero-order valence-electron chi connectivity index (χ0n) is 7.60. The number of benzene rings is 1. The van der Waals surface area contributed by atoms with Gasteiger partial charge in [-0.25, -0.2) is 4.39 Å². The standard InChI is InChI=1S/C9H7BrFNO2/c1-13-7-3-6(10)8(11)5(4-12)9(7)14-2/h3H,1-2H3. The van der Waals surface area contributed by atoms with Crippen molar-refractivity contribution in [3.63, 3.8) is 0 Å². The molecule has 1 aromatic carbocycles. The molecule has 0 amide bonds. The molecule has 0 aliphatic heterocycles. The van der Waals surface area contributed by atoms with Crippen molar-refractivity contribution in [2.24, 2.45) is 0 Å². The molecule has 0 aliphatic carbocycles. The molecule has 0 spiro atoms. The van der Waals surface area contributed by atoms with E-state index in [1.807, 2.05) is 0 Å². The number of methoxy groups -OCH3 is 2. The van der Waals surface area contributed by atoms with Crippen LogP contribution in [0.2, 0.25) is 0 Å². The maximum Gasteiger partial charge on any atom is 0.181 e. The van der Waals surface area contributed by atoms with E-state index in [2.05, 4.69) is 15.9 Å². The Labute approximate surface area is 89.2 Å². The van der Waals surface area contributed by atoms with Gasteiger partial charge in [0.25, 0.3) is 0 Å². The van der Waals surface area contributed by atoms with Crippen LogP contribution in [0.1, 0.15) is 5.56 Å². The van der Waals surface area contributed by atoms with Gasteiger partial charge in [0.2, 0.25) is 0 Å². The summed E-state index contributed by atoms with van der Waals surface area (Å²) in [5.41, 5.74) is -0.168. The summed E-state index contributed by atoms with van der Waals surface area (Å²) in [6, 6.07) is 3.13. The molecule has 0 saturated carbocycles. The van der Waals surface area contributed by atoms with E-state index in [0.717, 1.165) is 0 Å². The lowest BCUT2D eigenvalue weighted by atomic mass is 10.2. The Morgan fingerprint density at radius 2 is 2.07 bits per heavy atom. The second-order valence-corrected chi connectivity index (χ2v) is 3.25. The maximum atomic E-state index is 13.4. The molecular formula is C9H7BrFNO2. The van der Waals surface area contributed by atoms with Gasteiger partial charge in [-0.15, -0.1) is 0 Å². The van der Waals surface area contributed by atoms with E-state index in [0.29, 0.717) is 5.75 Å². The lowest BCUT2D eigenvalue weighted by molar-refractivity contribution is 0.351. The van der Waals surface area contributed by atoms with Gasteiger partial charge in [-0.3, -0.25) is 0 Å². The summed E-state index contributed by atoms with van der Waals surface area (Å²) in [7, 11) is 2.77. The molecule has 1 rings (SSSR count). The first-order valence-electron chi connectivity index (χ1n) is 3.65. The van der Waals surface area contributed by atoms with Crippen molar-refractivity contribution >= 4 is 15.9 Å². The largest absolute Gasteiger partial charge is 0.493 e. The second kappa shape index (κ2) is 4.29. The minimum atomic E-state index is -0.648. The summed E-state index contributed by atoms with van der Waals surface area (Å²) in [5.74, 6) is -0.224. The Morgan fingerprint density at radius 3 is 2.50 bits per heavy atom. The zero-order valence-corrected chi connectivity index (χ0v) is 9.18. The van der Waals surface area contributed by atoms with Crippen molar-refractivity contribution in [3.8, 4) is 17.6 Å². The molecule has 74 valence electrons. The van der Waals surface area contributed by atoms with Gasteiger partial charge in [0.1, 0.15) is 11.6 Å². The van der Waals surface area contributed by atoms with Crippen LogP contribution in [0.5, 0.6) is 11.5 Å². The highest BCUT2D eigenvalue weighted by atomic mass is 79.9. The topological polar surface area (TPSA) is 42.2 Å². The van der Waals surface area contributed by atoms with Crippen LogP contribution < -0.4 is 9.47 Å². The van der Waals surface area contributed by atoms with Crippen LogP contribution in [0.4, 0.5) is 4.39 Å². The summed E-state index contributed by atoms with van der Waals surface area (Å²) in [4.78, 5) is 0. The van der Waals surface area contributed by atoms with E-state index < -0.39 is 5.82 Å². The van der Waals surface area contributed by atoms with Gasteiger partial charge in [-0.05, 0) is 15.9 Å². The van der Waals surface area contributed by atoms with Crippen molar-refractivity contribution in [1.82, 2.24) is 0 Å². The van der Waals surface area contributed by atoms with Crippen LogP contribution in [0.3, 0.4) is 0 Å². The van der Waals surface area contributed by atoms with Gasteiger partial charge in [-0.2, -0.15) is 5.26 Å². The monoisotopic (exact) mass is 259 g/mol. The summed E-state index contributed by atoms with van der Waals surface area (Å²) < 4.78 is 23.4. The number of ether oxygens (including phenoxy) is 2. The summed E-state index contributed by atoms with van der Waals surface area (Å²) in [5, 5.41) is 8.73. The number of hydrogen-bond acceptors (Lipinski definition) is 3. The fourth-order valence-electron chi connectivity index (χ4n) is 1.04. The van der Waals surface area contributed by atoms with Gasteiger partial charge in [0.15, 0.2) is 17.3 Å². The molecule has 3 nitrogen and oxygen atoms in total. The highest BCUT2D eigenvalue weighted by Crippen LogP contribution is 2.36. The van der Waals surface area contributed by atoms with Crippen molar-refractivity contribution < 1.29 is 13.9 Å². The van der Waals surface area contributed by atoms with E-state index in [1.54, 1.807) is 6.07 Å². The third kappa shape index (κ3) is 1.66. The second-order valence-electron chi connectivity index (χ2n) is 2.39. The van der Waals surface area contributed by atoms with Crippen molar-refractivity contribution in [1.29, 1.82) is 5.26 Å². The van der Waals surface area contributed by atoms with Crippen molar-refractivity contribution in [2.45, 2.75) is 0 Å². The smallest absolute Gasteiger partial charge is 0.181 e. The van der Waals surface area contributed by atoms with Gasteiger partial charge in [-0.1, -0.05) is 0 Å². The van der Waals surface area contributed by atoms with Crippen LogP contribution >= 0.6 is 15.9 Å². The van der Waals surface area contributed by atoms with Crippen LogP contribution in [0.15, 0.2) is 10.5 Å². The third-order valence-corrected chi connectivity index (χ3v) is 2.25. The number of nitriles is 1. The summed E-state index contributed by atoms with van der Waals surface area (Å²) >= 11 is 2.98. The number of nitrogens with zero attached hydrogens (tertiary/aromatic N) is 1. The van der Waals surface area contributed by atoms with Crippen LogP contribution in [-0.2, 0) is 0 Å². The minimum absolute atomic E-state index is 0.107. The van der Waals surface area contributed by atoms with E-state index in [1.165, 1.54) is 20.3 Å². The fraction of sp³-hybridized carbons (Fsp3) is 0.222. The Morgan fingerprint density at radius 1 is 1.43 bits per heavy atom. The van der Waals surface area contributed by atoms with E-state index in [4.69, 9.17) is 14.7 Å². The van der Waals surface area contributed by atoms with Crippen LogP contribution in [-0.4, -0.2) is 14.2 Å². The van der Waals surface area contributed by atoms with Gasteiger partial charge in [0.05, 0.1) is 18.7 Å². The molecule has 0 radical (unpaired) electrons. The SMILES string of the molecule is COc1cc(Br)c(F)c(C#N)c1OC. The minimum Gasteiger partial charge on any atom is -0.493 e. The van der Waals surface area contributed by atoms with Gasteiger partial charge in [0, 0.05) is 6.07 Å². The van der Waals surface area contributed by atoms with Crippen molar-refractivity contribution in [2.75, 3.05) is 14.2 Å². The molecule has 0 saturated heterocycles. The predicted molar refractivity (Wildman–Crippen MR) is 51.9 cm³/mol. The Kier molecular flexibility index (Phi) is 3.31. The van der Waals surface area contributed by atoms with Gasteiger partial charge >= 0.3 is 0 Å². The number of halogens is 2. The molecule has 0 aliphatic rings. The summed E-state index contributed by atoms with van der Waals surface area (Å²) in [6.45, 7) is 0. The predicted octanol–water partition coefficient (Wildman–Crippen LogP) is 2.48. The lowest BCUT2D eigenvalue weighted by Gasteiger charge is -2.10. The van der Waals surface area contributed by atoms with Crippen molar-refractivity contribution in [3.05, 3.63) is 21.9 Å². The average molecular weight is 260 g/mol. The first kappa shape index (κ1) is 10.8. The first-order valence-corrected chi connectivity index (χ1v) is 4.45. The highest BCUT2D eigenvalue weighted by molar-refractivity contribution is 9.10. The average Bonchev–Trinajstić information content (AvgIpc) is 2.20. The summed E-state index contributed by atoms with van der Waals surface area (Å²) in [6.07, 6.45) is 0. The van der Waals surface area contributed by atoms with E-state index >= 15 is 0 Å². The molecular weight excluding hydrogens is 253 g/mol. The van der Waals surface area contributed by atoms with Crippen LogP contribution in [0, 0.1) is 17.1 Å². The molecule has 0 aromatic heterocycles. The van der Waals surface area contributed by atoms with E-state index in [9.17, 15) is 4.39 Å². The molecule has 1 aromatic rings. The van der Waals surface area contributed by atoms with E-state index in [-0.39, 0.29) is 15.8 Å². The Bertz CT molecular complexity index is 401. The normalized spacial score (nSPS) is 9.36. The quantitative estimate of drug-likeness (QED) is 0.820. The number of rotatable bonds is 2. The number of hydrogen-bond donors (Lipinski definition) is 0. The molecule has 0 heterocycles. The molecule has 5 heteroatoms. The Balaban J connectivity index is 3.52. The van der Waals surface area contributed by atoms with Gasteiger partial charge < -0.3 is 9.47 Å². The molecule has 0 bridgehead atoms. The highest BCUT2D eigenvalue weighted by Gasteiger charge is 2.18. The third-order valence-electron chi connectivity index (χ3n) is 1.67. The molecule has 0 N–H and O–H groups in total. The Hall–Kier alpha value is -1.28. The molecule has 14 heavy (non-hydrogen) atoms. The fourth-order valence-corrected chi connectivity index (χ4v) is 1.45. The molecule has 0 fully saturated rings. The lowest BCUT2D eigenvalue weighted by Crippen LogP contribution is -1.97. The first-order chi connectivity index (χ1) is 6.65.